The van der Waals surface area contributed by atoms with Crippen LogP contribution < -0.4 is 15.4 Å². The zero-order valence-corrected chi connectivity index (χ0v) is 15.3. The standard InChI is InChI=1S/C19H26N4O3/c1-25-14-19(8-10-20-11-9-19)13-21-18(24)17-16(26-2)12-23(22-17)15-6-4-3-5-7-15/h3-7,12,20H,8-11,13-14H2,1-2H3,(H,21,24). The van der Waals surface area contributed by atoms with Gasteiger partial charge in [-0.3, -0.25) is 4.79 Å². The van der Waals surface area contributed by atoms with E-state index in [1.54, 1.807) is 25.1 Å². The second-order valence-electron chi connectivity index (χ2n) is 6.69. The Labute approximate surface area is 153 Å². The molecule has 3 rings (SSSR count). The number of nitrogens with zero attached hydrogens (tertiary/aromatic N) is 2. The fraction of sp³-hybridized carbons (Fsp3) is 0.474. The average Bonchev–Trinajstić information content (AvgIpc) is 3.12. The Morgan fingerprint density at radius 2 is 2.00 bits per heavy atom. The van der Waals surface area contributed by atoms with Gasteiger partial charge < -0.3 is 20.1 Å². The van der Waals surface area contributed by atoms with E-state index in [1.807, 2.05) is 30.3 Å². The van der Waals surface area contributed by atoms with Gasteiger partial charge in [-0.2, -0.15) is 5.10 Å². The zero-order valence-electron chi connectivity index (χ0n) is 15.3. The Hall–Kier alpha value is -2.38. The molecule has 7 heteroatoms. The van der Waals surface area contributed by atoms with E-state index in [0.29, 0.717) is 18.9 Å². The summed E-state index contributed by atoms with van der Waals surface area (Å²) in [5, 5.41) is 10.8. The number of carbonyl (C=O) groups excluding carboxylic acids is 1. The highest BCUT2D eigenvalue weighted by atomic mass is 16.5. The predicted octanol–water partition coefficient (Wildman–Crippen LogP) is 1.63. The first-order valence-electron chi connectivity index (χ1n) is 8.84. The normalized spacial score (nSPS) is 16.2. The van der Waals surface area contributed by atoms with Gasteiger partial charge in [0.15, 0.2) is 11.4 Å². The molecule has 140 valence electrons. The number of rotatable bonds is 7. The second kappa shape index (κ2) is 8.33. The number of carbonyl (C=O) groups is 1. The van der Waals surface area contributed by atoms with Gasteiger partial charge in [0.25, 0.3) is 5.91 Å². The molecule has 1 aliphatic rings. The minimum atomic E-state index is -0.231. The van der Waals surface area contributed by atoms with Gasteiger partial charge in [-0.1, -0.05) is 18.2 Å². The minimum Gasteiger partial charge on any atom is -0.493 e. The fourth-order valence-electron chi connectivity index (χ4n) is 3.36. The number of hydrogen-bond acceptors (Lipinski definition) is 5. The Kier molecular flexibility index (Phi) is 5.90. The lowest BCUT2D eigenvalue weighted by Gasteiger charge is -2.37. The van der Waals surface area contributed by atoms with Crippen molar-refractivity contribution in [2.24, 2.45) is 5.41 Å². The minimum absolute atomic E-state index is 0.0368. The molecule has 1 amide bonds. The molecule has 26 heavy (non-hydrogen) atoms. The Balaban J connectivity index is 1.74. The van der Waals surface area contributed by atoms with Gasteiger partial charge in [-0.05, 0) is 38.1 Å². The number of nitrogens with one attached hydrogen (secondary N) is 2. The van der Waals surface area contributed by atoms with Gasteiger partial charge in [-0.25, -0.2) is 4.68 Å². The number of aromatic nitrogens is 2. The molecule has 0 unspecified atom stereocenters. The van der Waals surface area contributed by atoms with E-state index in [1.165, 1.54) is 0 Å². The van der Waals surface area contributed by atoms with Crippen LogP contribution >= 0.6 is 0 Å². The molecule has 2 aromatic rings. The summed E-state index contributed by atoms with van der Waals surface area (Å²) in [7, 11) is 3.25. The molecular weight excluding hydrogens is 332 g/mol. The summed E-state index contributed by atoms with van der Waals surface area (Å²) in [6.07, 6.45) is 3.66. The molecule has 0 bridgehead atoms. The lowest BCUT2D eigenvalue weighted by atomic mass is 9.79. The molecule has 0 spiro atoms. The summed E-state index contributed by atoms with van der Waals surface area (Å²) in [4.78, 5) is 12.7. The Morgan fingerprint density at radius 3 is 2.65 bits per heavy atom. The monoisotopic (exact) mass is 358 g/mol. The van der Waals surface area contributed by atoms with E-state index in [4.69, 9.17) is 9.47 Å². The van der Waals surface area contributed by atoms with Crippen LogP contribution in [-0.2, 0) is 4.74 Å². The highest BCUT2D eigenvalue weighted by Crippen LogP contribution is 2.28. The second-order valence-corrected chi connectivity index (χ2v) is 6.69. The van der Waals surface area contributed by atoms with E-state index >= 15 is 0 Å². The topological polar surface area (TPSA) is 77.4 Å². The van der Waals surface area contributed by atoms with Crippen molar-refractivity contribution in [3.8, 4) is 11.4 Å². The molecule has 1 saturated heterocycles. The molecule has 2 heterocycles. The van der Waals surface area contributed by atoms with Crippen molar-refractivity contribution in [3.63, 3.8) is 0 Å². The largest absolute Gasteiger partial charge is 0.493 e. The van der Waals surface area contributed by atoms with Crippen LogP contribution in [-0.4, -0.2) is 56.1 Å². The van der Waals surface area contributed by atoms with E-state index in [-0.39, 0.29) is 17.0 Å². The van der Waals surface area contributed by atoms with Crippen LogP contribution in [0.15, 0.2) is 36.5 Å². The molecule has 7 nitrogen and oxygen atoms in total. The Morgan fingerprint density at radius 1 is 1.27 bits per heavy atom. The molecule has 1 aromatic heterocycles. The van der Waals surface area contributed by atoms with Gasteiger partial charge in [0.1, 0.15) is 0 Å². The maximum absolute atomic E-state index is 12.7. The van der Waals surface area contributed by atoms with Crippen LogP contribution in [0, 0.1) is 5.41 Å². The lowest BCUT2D eigenvalue weighted by Crippen LogP contribution is -2.47. The maximum Gasteiger partial charge on any atom is 0.275 e. The van der Waals surface area contributed by atoms with Crippen molar-refractivity contribution >= 4 is 5.91 Å². The summed E-state index contributed by atoms with van der Waals surface area (Å²) in [6, 6.07) is 9.64. The third-order valence-corrected chi connectivity index (χ3v) is 4.88. The SMILES string of the molecule is COCC1(CNC(=O)c2nn(-c3ccccc3)cc2OC)CCNCC1. The summed E-state index contributed by atoms with van der Waals surface area (Å²) in [5.74, 6) is 0.225. The molecule has 1 fully saturated rings. The van der Waals surface area contributed by atoms with Crippen LogP contribution in [0.1, 0.15) is 23.3 Å². The van der Waals surface area contributed by atoms with E-state index < -0.39 is 0 Å². The van der Waals surface area contributed by atoms with Gasteiger partial charge >= 0.3 is 0 Å². The van der Waals surface area contributed by atoms with Crippen LogP contribution in [0.4, 0.5) is 0 Å². The number of para-hydroxylation sites is 1. The highest BCUT2D eigenvalue weighted by molar-refractivity contribution is 5.95. The maximum atomic E-state index is 12.7. The number of ether oxygens (including phenoxy) is 2. The van der Waals surface area contributed by atoms with E-state index in [2.05, 4.69) is 15.7 Å². The summed E-state index contributed by atoms with van der Waals surface area (Å²) < 4.78 is 12.4. The van der Waals surface area contributed by atoms with Crippen LogP contribution in [0.25, 0.3) is 5.69 Å². The molecule has 0 aliphatic carbocycles. The van der Waals surface area contributed by atoms with E-state index in [0.717, 1.165) is 31.6 Å². The molecule has 1 aromatic carbocycles. The molecule has 0 radical (unpaired) electrons. The predicted molar refractivity (Wildman–Crippen MR) is 98.9 cm³/mol. The molecule has 2 N–H and O–H groups in total. The van der Waals surface area contributed by atoms with E-state index in [9.17, 15) is 4.79 Å². The first kappa shape index (κ1) is 18.4. The average molecular weight is 358 g/mol. The fourth-order valence-corrected chi connectivity index (χ4v) is 3.36. The van der Waals surface area contributed by atoms with Crippen LogP contribution in [0.2, 0.25) is 0 Å². The number of benzene rings is 1. The molecule has 0 atom stereocenters. The highest BCUT2D eigenvalue weighted by Gasteiger charge is 2.33. The van der Waals surface area contributed by atoms with Gasteiger partial charge in [0.05, 0.1) is 25.6 Å². The zero-order chi connectivity index (χ0) is 18.4. The summed E-state index contributed by atoms with van der Waals surface area (Å²) in [5.41, 5.74) is 1.13. The third kappa shape index (κ3) is 4.05. The number of methoxy groups -OCH3 is 2. The number of amides is 1. The molecular formula is C19H26N4O3. The first-order valence-corrected chi connectivity index (χ1v) is 8.84. The third-order valence-electron chi connectivity index (χ3n) is 4.88. The van der Waals surface area contributed by atoms with Gasteiger partial charge in [-0.15, -0.1) is 0 Å². The van der Waals surface area contributed by atoms with Crippen LogP contribution in [0.5, 0.6) is 5.75 Å². The molecule has 0 saturated carbocycles. The number of hydrogen-bond donors (Lipinski definition) is 2. The van der Waals surface area contributed by atoms with Gasteiger partial charge in [0, 0.05) is 19.1 Å². The number of piperidine rings is 1. The van der Waals surface area contributed by atoms with Crippen molar-refractivity contribution in [2.75, 3.05) is 40.5 Å². The van der Waals surface area contributed by atoms with Crippen molar-refractivity contribution in [1.29, 1.82) is 0 Å². The lowest BCUT2D eigenvalue weighted by molar-refractivity contribution is 0.0510. The van der Waals surface area contributed by atoms with Crippen molar-refractivity contribution < 1.29 is 14.3 Å². The van der Waals surface area contributed by atoms with Crippen molar-refractivity contribution in [2.45, 2.75) is 12.8 Å². The smallest absolute Gasteiger partial charge is 0.275 e. The first-order chi connectivity index (χ1) is 12.7. The summed E-state index contributed by atoms with van der Waals surface area (Å²) >= 11 is 0. The van der Waals surface area contributed by atoms with Crippen molar-refractivity contribution in [3.05, 3.63) is 42.2 Å². The van der Waals surface area contributed by atoms with Crippen LogP contribution in [0.3, 0.4) is 0 Å². The quantitative estimate of drug-likeness (QED) is 0.787. The Bertz CT molecular complexity index is 718. The van der Waals surface area contributed by atoms with Crippen molar-refractivity contribution in [1.82, 2.24) is 20.4 Å². The molecule has 1 aliphatic heterocycles. The van der Waals surface area contributed by atoms with Gasteiger partial charge in [0.2, 0.25) is 0 Å². The summed E-state index contributed by atoms with van der Waals surface area (Å²) in [6.45, 7) is 3.06.